The summed E-state index contributed by atoms with van der Waals surface area (Å²) < 4.78 is 11.9. The lowest BCUT2D eigenvalue weighted by atomic mass is 9.97. The molecular weight excluding hydrogens is 384 g/mol. The molecule has 1 aliphatic heterocycles. The quantitative estimate of drug-likeness (QED) is 0.760. The molecule has 2 N–H and O–H groups in total. The number of carbonyl (C=O) groups excluding carboxylic acids is 1. The van der Waals surface area contributed by atoms with Gasteiger partial charge in [0.25, 0.3) is 0 Å². The summed E-state index contributed by atoms with van der Waals surface area (Å²) in [6.45, 7) is 7.28. The van der Waals surface area contributed by atoms with Gasteiger partial charge in [0.2, 0.25) is 5.91 Å². The molecule has 1 amide bonds. The van der Waals surface area contributed by atoms with Gasteiger partial charge in [-0.2, -0.15) is 0 Å². The average Bonchev–Trinajstić information content (AvgIpc) is 2.90. The number of halogens is 1. The van der Waals surface area contributed by atoms with E-state index in [4.69, 9.17) is 26.8 Å². The number of aryl methyl sites for hydroxylation is 2. The number of amides is 1. The van der Waals surface area contributed by atoms with Crippen LogP contribution in [-0.2, 0) is 16.1 Å². The van der Waals surface area contributed by atoms with Crippen LogP contribution in [0.2, 0.25) is 5.02 Å². The largest absolute Gasteiger partial charge is 0.490 e. The van der Waals surface area contributed by atoms with Crippen LogP contribution in [0.25, 0.3) is 0 Å². The average molecular weight is 409 g/mol. The smallest absolute Gasteiger partial charge is 0.220 e. The number of nitrogens with two attached hydrogens (primary N) is 1. The van der Waals surface area contributed by atoms with Gasteiger partial charge in [0.1, 0.15) is 18.0 Å². The van der Waals surface area contributed by atoms with Gasteiger partial charge < -0.3 is 15.2 Å². The first-order chi connectivity index (χ1) is 12.8. The highest BCUT2D eigenvalue weighted by atomic mass is 35.5. The molecule has 7 heteroatoms. The fraction of sp³-hybridized carbons (Fsp3) is 0.450. The topological polar surface area (TPSA) is 64.8 Å². The first-order valence-corrected chi connectivity index (χ1v) is 10.1. The molecule has 27 heavy (non-hydrogen) atoms. The van der Waals surface area contributed by atoms with Gasteiger partial charge in [-0.3, -0.25) is 9.69 Å². The fourth-order valence-electron chi connectivity index (χ4n) is 3.47. The van der Waals surface area contributed by atoms with E-state index in [9.17, 15) is 4.79 Å². The minimum absolute atomic E-state index is 0.117. The second kappa shape index (κ2) is 8.61. The highest BCUT2D eigenvalue weighted by Crippen LogP contribution is 2.28. The van der Waals surface area contributed by atoms with Gasteiger partial charge in [-0.1, -0.05) is 17.7 Å². The zero-order valence-corrected chi connectivity index (χ0v) is 17.2. The first kappa shape index (κ1) is 20.1. The number of primary amides is 1. The van der Waals surface area contributed by atoms with E-state index in [1.807, 2.05) is 23.5 Å². The third-order valence-corrected chi connectivity index (χ3v) is 5.90. The zero-order valence-electron chi connectivity index (χ0n) is 15.7. The Bertz CT molecular complexity index is 810. The highest BCUT2D eigenvalue weighted by Gasteiger charge is 2.39. The Balaban J connectivity index is 1.72. The molecule has 1 atom stereocenters. The second-order valence-electron chi connectivity index (χ2n) is 7.07. The third-order valence-electron chi connectivity index (χ3n) is 4.66. The molecule has 2 heterocycles. The van der Waals surface area contributed by atoms with Crippen LogP contribution >= 0.6 is 22.9 Å². The van der Waals surface area contributed by atoms with Crippen LogP contribution in [0, 0.1) is 13.8 Å². The van der Waals surface area contributed by atoms with E-state index in [2.05, 4.69) is 24.8 Å². The standard InChI is InChI=1S/C20H25ClN2O3S/c1-14-8-16(15(2)27-14)11-23-6-7-26-20(12-23,10-19(22)24)13-25-18-5-3-4-17(21)9-18/h3-5,8-9H,6-7,10-13H2,1-2H3,(H2,22,24)/t20-/m1/s1. The molecular formula is C20H25ClN2O3S. The summed E-state index contributed by atoms with van der Waals surface area (Å²) in [7, 11) is 0. The summed E-state index contributed by atoms with van der Waals surface area (Å²) in [5.74, 6) is 0.255. The summed E-state index contributed by atoms with van der Waals surface area (Å²) >= 11 is 7.83. The first-order valence-electron chi connectivity index (χ1n) is 8.94. The van der Waals surface area contributed by atoms with Crippen molar-refractivity contribution in [2.45, 2.75) is 32.4 Å². The van der Waals surface area contributed by atoms with Crippen molar-refractivity contribution in [1.82, 2.24) is 4.90 Å². The van der Waals surface area contributed by atoms with Crippen molar-refractivity contribution in [3.05, 3.63) is 50.7 Å². The molecule has 146 valence electrons. The lowest BCUT2D eigenvalue weighted by Gasteiger charge is -2.42. The second-order valence-corrected chi connectivity index (χ2v) is 8.97. The van der Waals surface area contributed by atoms with E-state index in [0.29, 0.717) is 23.9 Å². The van der Waals surface area contributed by atoms with Gasteiger partial charge in [-0.05, 0) is 43.7 Å². The van der Waals surface area contributed by atoms with Gasteiger partial charge in [0.05, 0.1) is 13.0 Å². The van der Waals surface area contributed by atoms with Gasteiger partial charge in [-0.15, -0.1) is 11.3 Å². The van der Waals surface area contributed by atoms with Crippen LogP contribution in [0.3, 0.4) is 0 Å². The molecule has 2 aromatic rings. The molecule has 0 radical (unpaired) electrons. The summed E-state index contributed by atoms with van der Waals surface area (Å²) in [5.41, 5.74) is 6.08. The van der Waals surface area contributed by atoms with Crippen LogP contribution in [0.15, 0.2) is 30.3 Å². The molecule has 5 nitrogen and oxygen atoms in total. The number of ether oxygens (including phenoxy) is 2. The number of hydrogen-bond acceptors (Lipinski definition) is 5. The molecule has 0 saturated carbocycles. The third kappa shape index (κ3) is 5.45. The van der Waals surface area contributed by atoms with Gasteiger partial charge in [0, 0.05) is 34.4 Å². The van der Waals surface area contributed by atoms with E-state index in [-0.39, 0.29) is 13.0 Å². The molecule has 1 saturated heterocycles. The van der Waals surface area contributed by atoms with Gasteiger partial charge in [0.15, 0.2) is 0 Å². The maximum absolute atomic E-state index is 11.7. The zero-order chi connectivity index (χ0) is 19.4. The van der Waals surface area contributed by atoms with Crippen LogP contribution < -0.4 is 10.5 Å². The van der Waals surface area contributed by atoms with Crippen LogP contribution in [0.1, 0.15) is 21.7 Å². The number of benzene rings is 1. The minimum atomic E-state index is -0.759. The number of thiophene rings is 1. The molecule has 0 spiro atoms. The molecule has 0 bridgehead atoms. The predicted octanol–water partition coefficient (Wildman–Crippen LogP) is 3.54. The number of nitrogens with zero attached hydrogens (tertiary/aromatic N) is 1. The maximum atomic E-state index is 11.7. The SMILES string of the molecule is Cc1cc(CN2CCO[C@](COc3cccc(Cl)c3)(CC(N)=O)C2)c(C)s1. The molecule has 1 aromatic carbocycles. The van der Waals surface area contributed by atoms with E-state index in [0.717, 1.165) is 13.1 Å². The highest BCUT2D eigenvalue weighted by molar-refractivity contribution is 7.12. The van der Waals surface area contributed by atoms with Crippen LogP contribution in [0.5, 0.6) is 5.75 Å². The number of morpholine rings is 1. The molecule has 0 aliphatic carbocycles. The Morgan fingerprint density at radius 2 is 2.22 bits per heavy atom. The fourth-order valence-corrected chi connectivity index (χ4v) is 4.59. The van der Waals surface area contributed by atoms with Crippen LogP contribution in [-0.4, -0.2) is 42.7 Å². The van der Waals surface area contributed by atoms with Crippen LogP contribution in [0.4, 0.5) is 0 Å². The number of carbonyl (C=O) groups is 1. The molecule has 0 unspecified atom stereocenters. The Labute approximate surface area is 169 Å². The van der Waals surface area contributed by atoms with E-state index < -0.39 is 11.5 Å². The van der Waals surface area contributed by atoms with Gasteiger partial charge in [-0.25, -0.2) is 0 Å². The van der Waals surface area contributed by atoms with Crippen molar-refractivity contribution >= 4 is 28.8 Å². The maximum Gasteiger partial charge on any atom is 0.220 e. The Hall–Kier alpha value is -1.60. The van der Waals surface area contributed by atoms with Gasteiger partial charge >= 0.3 is 0 Å². The minimum Gasteiger partial charge on any atom is -0.490 e. The lowest BCUT2D eigenvalue weighted by molar-refractivity contribution is -0.148. The Morgan fingerprint density at radius 3 is 2.89 bits per heavy atom. The van der Waals surface area contributed by atoms with Crippen molar-refractivity contribution < 1.29 is 14.3 Å². The molecule has 1 aromatic heterocycles. The summed E-state index contributed by atoms with van der Waals surface area (Å²) in [4.78, 5) is 16.7. The summed E-state index contributed by atoms with van der Waals surface area (Å²) in [5, 5.41) is 0.603. The number of hydrogen-bond donors (Lipinski definition) is 1. The van der Waals surface area contributed by atoms with E-state index >= 15 is 0 Å². The van der Waals surface area contributed by atoms with Crippen molar-refractivity contribution in [2.24, 2.45) is 5.73 Å². The monoisotopic (exact) mass is 408 g/mol. The number of rotatable bonds is 7. The summed E-state index contributed by atoms with van der Waals surface area (Å²) in [6.07, 6.45) is 0.117. The van der Waals surface area contributed by atoms with Crippen molar-refractivity contribution in [3.8, 4) is 5.75 Å². The van der Waals surface area contributed by atoms with Crippen molar-refractivity contribution in [2.75, 3.05) is 26.3 Å². The predicted molar refractivity (Wildman–Crippen MR) is 109 cm³/mol. The Kier molecular flexibility index (Phi) is 6.42. The Morgan fingerprint density at radius 1 is 1.41 bits per heavy atom. The summed E-state index contributed by atoms with van der Waals surface area (Å²) in [6, 6.07) is 9.43. The lowest BCUT2D eigenvalue weighted by Crippen LogP contribution is -2.56. The normalized spacial score (nSPS) is 20.6. The van der Waals surface area contributed by atoms with Crippen molar-refractivity contribution in [3.63, 3.8) is 0 Å². The van der Waals surface area contributed by atoms with Crippen molar-refractivity contribution in [1.29, 1.82) is 0 Å². The molecule has 1 fully saturated rings. The van der Waals surface area contributed by atoms with E-state index in [1.165, 1.54) is 15.3 Å². The molecule has 1 aliphatic rings. The van der Waals surface area contributed by atoms with E-state index in [1.54, 1.807) is 12.1 Å². The molecule has 3 rings (SSSR count).